The maximum atomic E-state index is 14.2. The fourth-order valence-electron chi connectivity index (χ4n) is 2.65. The van der Waals surface area contributed by atoms with Crippen LogP contribution in [0.4, 0.5) is 4.39 Å². The molecule has 7 heteroatoms. The van der Waals surface area contributed by atoms with Crippen LogP contribution in [0.5, 0.6) is 5.75 Å². The standard InChI is InChI=1S/C20H30FN3O2.HI/c1-14(24-20(22-2)23-9-10-25-12-15-3-4-15)17-7-8-19(18(21)11-17)26-13-16-5-6-16;/h7-8,11,14-16H,3-6,9-10,12-13H2,1-2H3,(H2,22,23,24);1H. The number of benzene rings is 1. The normalized spacial score (nSPS) is 17.8. The lowest BCUT2D eigenvalue weighted by molar-refractivity contribution is 0.129. The van der Waals surface area contributed by atoms with E-state index in [0.29, 0.717) is 37.4 Å². The van der Waals surface area contributed by atoms with Crippen molar-refractivity contribution in [2.75, 3.05) is 33.4 Å². The topological polar surface area (TPSA) is 54.9 Å². The molecule has 2 fully saturated rings. The molecule has 2 N–H and O–H groups in total. The molecule has 1 aromatic carbocycles. The predicted octanol–water partition coefficient (Wildman–Crippen LogP) is 3.89. The molecule has 0 saturated heterocycles. The van der Waals surface area contributed by atoms with E-state index >= 15 is 0 Å². The third-order valence-corrected chi connectivity index (χ3v) is 4.79. The van der Waals surface area contributed by atoms with Gasteiger partial charge in [0, 0.05) is 20.2 Å². The first-order valence-electron chi connectivity index (χ1n) is 9.63. The molecule has 0 heterocycles. The molecular formula is C20H31FIN3O2. The van der Waals surface area contributed by atoms with Gasteiger partial charge in [-0.1, -0.05) is 6.07 Å². The van der Waals surface area contributed by atoms with Crippen LogP contribution >= 0.6 is 24.0 Å². The van der Waals surface area contributed by atoms with Crippen LogP contribution in [0, 0.1) is 17.7 Å². The second-order valence-electron chi connectivity index (χ2n) is 7.33. The molecule has 0 spiro atoms. The van der Waals surface area contributed by atoms with Gasteiger partial charge in [-0.15, -0.1) is 24.0 Å². The molecule has 0 bridgehead atoms. The van der Waals surface area contributed by atoms with E-state index in [0.717, 1.165) is 18.1 Å². The van der Waals surface area contributed by atoms with Gasteiger partial charge in [0.2, 0.25) is 0 Å². The van der Waals surface area contributed by atoms with Gasteiger partial charge in [0.1, 0.15) is 0 Å². The molecule has 2 aliphatic rings. The quantitative estimate of drug-likeness (QED) is 0.226. The van der Waals surface area contributed by atoms with Gasteiger partial charge in [-0.3, -0.25) is 4.99 Å². The van der Waals surface area contributed by atoms with Crippen molar-refractivity contribution in [1.82, 2.24) is 10.6 Å². The van der Waals surface area contributed by atoms with Crippen LogP contribution in [0.2, 0.25) is 0 Å². The summed E-state index contributed by atoms with van der Waals surface area (Å²) in [7, 11) is 1.72. The van der Waals surface area contributed by atoms with Crippen molar-refractivity contribution >= 4 is 29.9 Å². The minimum Gasteiger partial charge on any atom is -0.490 e. The molecule has 0 aliphatic heterocycles. The second-order valence-corrected chi connectivity index (χ2v) is 7.33. The lowest BCUT2D eigenvalue weighted by Crippen LogP contribution is -2.40. The largest absolute Gasteiger partial charge is 0.490 e. The molecular weight excluding hydrogens is 460 g/mol. The van der Waals surface area contributed by atoms with Gasteiger partial charge in [-0.2, -0.15) is 0 Å². The number of nitrogens with zero attached hydrogens (tertiary/aromatic N) is 1. The molecule has 2 aliphatic carbocycles. The second kappa shape index (κ2) is 11.0. The van der Waals surface area contributed by atoms with Crippen LogP contribution in [0.1, 0.15) is 44.2 Å². The third kappa shape index (κ3) is 7.81. The van der Waals surface area contributed by atoms with E-state index in [9.17, 15) is 4.39 Å². The van der Waals surface area contributed by atoms with Crippen molar-refractivity contribution in [1.29, 1.82) is 0 Å². The van der Waals surface area contributed by atoms with E-state index in [1.54, 1.807) is 13.1 Å². The molecule has 3 rings (SSSR count). The van der Waals surface area contributed by atoms with Crippen LogP contribution in [0.3, 0.4) is 0 Å². The first-order valence-corrected chi connectivity index (χ1v) is 9.63. The summed E-state index contributed by atoms with van der Waals surface area (Å²) in [5.74, 6) is 2.09. The predicted molar refractivity (Wildman–Crippen MR) is 116 cm³/mol. The number of ether oxygens (including phenoxy) is 2. The zero-order valence-electron chi connectivity index (χ0n) is 16.2. The highest BCUT2D eigenvalue weighted by molar-refractivity contribution is 14.0. The van der Waals surface area contributed by atoms with Gasteiger partial charge in [0.05, 0.1) is 19.3 Å². The van der Waals surface area contributed by atoms with E-state index < -0.39 is 0 Å². The molecule has 5 nitrogen and oxygen atoms in total. The smallest absolute Gasteiger partial charge is 0.191 e. The van der Waals surface area contributed by atoms with Gasteiger partial charge in [-0.05, 0) is 62.1 Å². The highest BCUT2D eigenvalue weighted by Gasteiger charge is 2.23. The summed E-state index contributed by atoms with van der Waals surface area (Å²) < 4.78 is 25.4. The number of guanidine groups is 1. The zero-order chi connectivity index (χ0) is 18.4. The van der Waals surface area contributed by atoms with E-state index in [2.05, 4.69) is 15.6 Å². The Bertz CT molecular complexity index is 621. The summed E-state index contributed by atoms with van der Waals surface area (Å²) >= 11 is 0. The lowest BCUT2D eigenvalue weighted by atomic mass is 10.1. The summed E-state index contributed by atoms with van der Waals surface area (Å²) in [5, 5.41) is 6.50. The lowest BCUT2D eigenvalue weighted by Gasteiger charge is -2.19. The molecule has 152 valence electrons. The summed E-state index contributed by atoms with van der Waals surface area (Å²) in [5.41, 5.74) is 0.856. The van der Waals surface area contributed by atoms with Gasteiger partial charge in [0.25, 0.3) is 0 Å². The molecule has 1 aromatic rings. The Labute approximate surface area is 178 Å². The fraction of sp³-hybridized carbons (Fsp3) is 0.650. The Morgan fingerprint density at radius 2 is 1.93 bits per heavy atom. The molecule has 0 amide bonds. The Hall–Kier alpha value is -1.09. The molecule has 1 atom stereocenters. The van der Waals surface area contributed by atoms with Crippen molar-refractivity contribution in [3.63, 3.8) is 0 Å². The Balaban J connectivity index is 0.00000261. The van der Waals surface area contributed by atoms with Crippen molar-refractivity contribution in [3.05, 3.63) is 29.6 Å². The van der Waals surface area contributed by atoms with Crippen molar-refractivity contribution in [2.45, 2.75) is 38.6 Å². The van der Waals surface area contributed by atoms with E-state index in [-0.39, 0.29) is 35.8 Å². The molecule has 27 heavy (non-hydrogen) atoms. The van der Waals surface area contributed by atoms with E-state index in [1.165, 1.54) is 31.7 Å². The Morgan fingerprint density at radius 1 is 1.22 bits per heavy atom. The third-order valence-electron chi connectivity index (χ3n) is 4.79. The summed E-state index contributed by atoms with van der Waals surface area (Å²) in [6.07, 6.45) is 4.99. The van der Waals surface area contributed by atoms with Crippen LogP contribution in [0.15, 0.2) is 23.2 Å². The SMILES string of the molecule is CN=C(NCCOCC1CC1)NC(C)c1ccc(OCC2CC2)c(F)c1.I. The highest BCUT2D eigenvalue weighted by atomic mass is 127. The minimum absolute atomic E-state index is 0. The zero-order valence-corrected chi connectivity index (χ0v) is 18.5. The Kier molecular flexibility index (Phi) is 9.08. The summed E-state index contributed by atoms with van der Waals surface area (Å²) in [6, 6.07) is 5.08. The summed E-state index contributed by atoms with van der Waals surface area (Å²) in [4.78, 5) is 4.21. The minimum atomic E-state index is -0.312. The van der Waals surface area contributed by atoms with Crippen molar-refractivity contribution in [3.8, 4) is 5.75 Å². The number of halogens is 2. The van der Waals surface area contributed by atoms with Crippen LogP contribution in [-0.4, -0.2) is 39.4 Å². The molecule has 0 radical (unpaired) electrons. The maximum Gasteiger partial charge on any atom is 0.191 e. The first-order chi connectivity index (χ1) is 12.7. The maximum absolute atomic E-state index is 14.2. The van der Waals surface area contributed by atoms with Crippen molar-refractivity contribution in [2.24, 2.45) is 16.8 Å². The number of hydrogen-bond acceptors (Lipinski definition) is 3. The van der Waals surface area contributed by atoms with Gasteiger partial charge < -0.3 is 20.1 Å². The van der Waals surface area contributed by atoms with Gasteiger partial charge >= 0.3 is 0 Å². The average Bonchev–Trinajstić information content (AvgIpc) is 3.54. The number of hydrogen-bond donors (Lipinski definition) is 2. The number of nitrogens with one attached hydrogen (secondary N) is 2. The van der Waals surface area contributed by atoms with Crippen molar-refractivity contribution < 1.29 is 13.9 Å². The van der Waals surface area contributed by atoms with Crippen LogP contribution < -0.4 is 15.4 Å². The van der Waals surface area contributed by atoms with Gasteiger partial charge in [-0.25, -0.2) is 4.39 Å². The summed E-state index contributed by atoms with van der Waals surface area (Å²) in [6.45, 7) is 4.81. The van der Waals surface area contributed by atoms with Gasteiger partial charge in [0.15, 0.2) is 17.5 Å². The van der Waals surface area contributed by atoms with Crippen LogP contribution in [0.25, 0.3) is 0 Å². The molecule has 2 saturated carbocycles. The molecule has 0 aromatic heterocycles. The molecule has 1 unspecified atom stereocenters. The fourth-order valence-corrected chi connectivity index (χ4v) is 2.65. The first kappa shape index (κ1) is 22.2. The monoisotopic (exact) mass is 491 g/mol. The highest BCUT2D eigenvalue weighted by Crippen LogP contribution is 2.30. The average molecular weight is 491 g/mol. The number of aliphatic imine (C=N–C) groups is 1. The van der Waals surface area contributed by atoms with Crippen LogP contribution in [-0.2, 0) is 4.74 Å². The Morgan fingerprint density at radius 3 is 2.56 bits per heavy atom. The number of rotatable bonds is 10. The van der Waals surface area contributed by atoms with E-state index in [1.807, 2.05) is 13.0 Å². The van der Waals surface area contributed by atoms with E-state index in [4.69, 9.17) is 9.47 Å².